The second-order valence-electron chi connectivity index (χ2n) is 2.96. The molecule has 0 aliphatic heterocycles. The third-order valence-electron chi connectivity index (χ3n) is 1.95. The largest absolute Gasteiger partial charge is 0.389 e. The van der Waals surface area contributed by atoms with Crippen LogP contribution in [0.2, 0.25) is 0 Å². The molecule has 2 unspecified atom stereocenters. The predicted octanol–water partition coefficient (Wildman–Crippen LogP) is 0.304. The number of carbonyl (C=O) groups is 1. The van der Waals surface area contributed by atoms with Crippen molar-refractivity contribution in [2.45, 2.75) is 31.9 Å². The summed E-state index contributed by atoms with van der Waals surface area (Å²) in [5.74, 6) is -0.374. The van der Waals surface area contributed by atoms with E-state index in [2.05, 4.69) is 0 Å². The van der Waals surface area contributed by atoms with Gasteiger partial charge in [0, 0.05) is 6.92 Å². The van der Waals surface area contributed by atoms with Crippen LogP contribution in [0.4, 0.5) is 0 Å². The summed E-state index contributed by atoms with van der Waals surface area (Å²) >= 11 is 0. The van der Waals surface area contributed by atoms with E-state index in [0.717, 1.165) is 0 Å². The van der Waals surface area contributed by atoms with Crippen LogP contribution in [-0.4, -0.2) is 33.4 Å². The first kappa shape index (κ1) is 9.22. The molecule has 1 amide bonds. The lowest BCUT2D eigenvalue weighted by molar-refractivity contribution is -0.170. The van der Waals surface area contributed by atoms with Crippen LogP contribution in [0.15, 0.2) is 12.2 Å². The molecule has 0 bridgehead atoms. The molecule has 2 atom stereocenters. The van der Waals surface area contributed by atoms with Crippen molar-refractivity contribution in [1.82, 2.24) is 5.06 Å². The number of aliphatic hydroxyl groups excluding tert-OH is 1. The molecule has 0 fully saturated rings. The van der Waals surface area contributed by atoms with Crippen molar-refractivity contribution >= 4 is 5.91 Å². The minimum absolute atomic E-state index is 0.272. The molecule has 0 spiro atoms. The number of carbonyl (C=O) groups excluding carboxylic acids is 1. The summed E-state index contributed by atoms with van der Waals surface area (Å²) in [5, 5.41) is 19.0. The molecule has 4 heteroatoms. The monoisotopic (exact) mass is 171 g/mol. The zero-order valence-corrected chi connectivity index (χ0v) is 6.97. The van der Waals surface area contributed by atoms with E-state index in [4.69, 9.17) is 5.11 Å². The van der Waals surface area contributed by atoms with Gasteiger partial charge in [-0.25, -0.2) is 5.06 Å². The average Bonchev–Trinajstić information content (AvgIpc) is 2.04. The zero-order valence-electron chi connectivity index (χ0n) is 6.97. The fraction of sp³-hybridized carbons (Fsp3) is 0.625. The second-order valence-corrected chi connectivity index (χ2v) is 2.96. The van der Waals surface area contributed by atoms with Crippen molar-refractivity contribution in [3.8, 4) is 0 Å². The van der Waals surface area contributed by atoms with Crippen LogP contribution in [0.1, 0.15) is 19.8 Å². The van der Waals surface area contributed by atoms with Gasteiger partial charge < -0.3 is 5.11 Å². The molecule has 0 radical (unpaired) electrons. The maximum Gasteiger partial charge on any atom is 0.243 e. The van der Waals surface area contributed by atoms with Gasteiger partial charge in [0.2, 0.25) is 5.91 Å². The quantitative estimate of drug-likeness (QED) is 0.339. The molecule has 0 saturated heterocycles. The zero-order chi connectivity index (χ0) is 9.14. The fourth-order valence-electron chi connectivity index (χ4n) is 1.23. The van der Waals surface area contributed by atoms with Crippen LogP contribution in [-0.2, 0) is 4.79 Å². The molecule has 1 aliphatic rings. The van der Waals surface area contributed by atoms with Crippen molar-refractivity contribution in [3.63, 3.8) is 0 Å². The third kappa shape index (κ3) is 2.06. The summed E-state index contributed by atoms with van der Waals surface area (Å²) < 4.78 is 0. The predicted molar refractivity (Wildman–Crippen MR) is 42.5 cm³/mol. The van der Waals surface area contributed by atoms with Crippen LogP contribution >= 0.6 is 0 Å². The Morgan fingerprint density at radius 2 is 2.17 bits per heavy atom. The number of hydroxylamine groups is 2. The number of rotatable bonds is 1. The number of nitrogens with zero attached hydrogens (tertiary/aromatic N) is 1. The number of aliphatic hydroxyl groups is 1. The topological polar surface area (TPSA) is 60.8 Å². The minimum Gasteiger partial charge on any atom is -0.389 e. The lowest BCUT2D eigenvalue weighted by atomic mass is 10.0. The summed E-state index contributed by atoms with van der Waals surface area (Å²) in [6.07, 6.45) is 4.01. The van der Waals surface area contributed by atoms with Crippen molar-refractivity contribution in [2.75, 3.05) is 0 Å². The van der Waals surface area contributed by atoms with Gasteiger partial charge in [-0.3, -0.25) is 10.0 Å². The molecule has 1 rings (SSSR count). The lowest BCUT2D eigenvalue weighted by Crippen LogP contribution is -2.36. The first-order valence-corrected chi connectivity index (χ1v) is 3.96. The second kappa shape index (κ2) is 3.69. The van der Waals surface area contributed by atoms with E-state index in [-0.39, 0.29) is 11.9 Å². The Morgan fingerprint density at radius 1 is 1.50 bits per heavy atom. The van der Waals surface area contributed by atoms with Gasteiger partial charge in [0.1, 0.15) is 0 Å². The van der Waals surface area contributed by atoms with Gasteiger partial charge in [0.15, 0.2) is 0 Å². The van der Waals surface area contributed by atoms with E-state index in [1.807, 2.05) is 0 Å². The molecule has 0 saturated carbocycles. The molecule has 0 aromatic carbocycles. The summed E-state index contributed by atoms with van der Waals surface area (Å²) in [6, 6.07) is -0.272. The molecule has 1 aliphatic carbocycles. The Hall–Kier alpha value is -0.870. The highest BCUT2D eigenvalue weighted by molar-refractivity contribution is 5.72. The summed E-state index contributed by atoms with van der Waals surface area (Å²) in [6.45, 7) is 1.30. The Labute approximate surface area is 71.1 Å². The van der Waals surface area contributed by atoms with E-state index in [9.17, 15) is 10.0 Å². The van der Waals surface area contributed by atoms with Crippen molar-refractivity contribution in [2.24, 2.45) is 0 Å². The number of amides is 1. The highest BCUT2D eigenvalue weighted by Crippen LogP contribution is 2.15. The molecule has 68 valence electrons. The van der Waals surface area contributed by atoms with Crippen LogP contribution in [0.3, 0.4) is 0 Å². The Bertz CT molecular complexity index is 202. The van der Waals surface area contributed by atoms with Crippen molar-refractivity contribution in [3.05, 3.63) is 12.2 Å². The van der Waals surface area contributed by atoms with Gasteiger partial charge in [-0.05, 0) is 12.8 Å². The molecule has 0 heterocycles. The first-order valence-electron chi connectivity index (χ1n) is 3.96. The molecule has 2 N–H and O–H groups in total. The molecule has 0 aromatic heterocycles. The van der Waals surface area contributed by atoms with Crippen LogP contribution < -0.4 is 0 Å². The summed E-state index contributed by atoms with van der Waals surface area (Å²) in [5.41, 5.74) is 0. The normalized spacial score (nSPS) is 28.6. The van der Waals surface area contributed by atoms with E-state index in [1.54, 1.807) is 12.2 Å². The Balaban J connectivity index is 2.54. The van der Waals surface area contributed by atoms with Gasteiger partial charge >= 0.3 is 0 Å². The standard InChI is InChI=1S/C8H13NO3/c1-6(10)9(12)7-2-4-8(11)5-3-7/h2,4,7-8,11-12H,3,5H2,1H3. The maximum atomic E-state index is 10.7. The van der Waals surface area contributed by atoms with Crippen molar-refractivity contribution in [1.29, 1.82) is 0 Å². The van der Waals surface area contributed by atoms with E-state index in [1.165, 1.54) is 6.92 Å². The summed E-state index contributed by atoms with van der Waals surface area (Å²) in [4.78, 5) is 10.7. The van der Waals surface area contributed by atoms with E-state index < -0.39 is 6.10 Å². The average molecular weight is 171 g/mol. The molecular formula is C8H13NO3. The summed E-state index contributed by atoms with van der Waals surface area (Å²) in [7, 11) is 0. The lowest BCUT2D eigenvalue weighted by Gasteiger charge is -2.25. The smallest absolute Gasteiger partial charge is 0.243 e. The maximum absolute atomic E-state index is 10.7. The first-order chi connectivity index (χ1) is 5.61. The molecule has 4 nitrogen and oxygen atoms in total. The molecular weight excluding hydrogens is 158 g/mol. The minimum atomic E-state index is -0.429. The molecule has 12 heavy (non-hydrogen) atoms. The van der Waals surface area contributed by atoms with E-state index in [0.29, 0.717) is 17.9 Å². The molecule has 0 aromatic rings. The Morgan fingerprint density at radius 3 is 2.58 bits per heavy atom. The van der Waals surface area contributed by atoms with Crippen LogP contribution in [0.5, 0.6) is 0 Å². The fourth-order valence-corrected chi connectivity index (χ4v) is 1.23. The van der Waals surface area contributed by atoms with Gasteiger partial charge in [0.05, 0.1) is 12.1 Å². The van der Waals surface area contributed by atoms with Gasteiger partial charge in [0.25, 0.3) is 0 Å². The SMILES string of the molecule is CC(=O)N(O)C1C=CC(O)CC1. The van der Waals surface area contributed by atoms with Crippen molar-refractivity contribution < 1.29 is 15.1 Å². The highest BCUT2D eigenvalue weighted by atomic mass is 16.5. The highest BCUT2D eigenvalue weighted by Gasteiger charge is 2.20. The van der Waals surface area contributed by atoms with Gasteiger partial charge in [-0.2, -0.15) is 0 Å². The number of hydrogen-bond acceptors (Lipinski definition) is 3. The van der Waals surface area contributed by atoms with Gasteiger partial charge in [-0.15, -0.1) is 0 Å². The van der Waals surface area contributed by atoms with Gasteiger partial charge in [-0.1, -0.05) is 12.2 Å². The van der Waals surface area contributed by atoms with E-state index >= 15 is 0 Å². The van der Waals surface area contributed by atoms with Crippen LogP contribution in [0, 0.1) is 0 Å². The van der Waals surface area contributed by atoms with Crippen LogP contribution in [0.25, 0.3) is 0 Å². The Kier molecular flexibility index (Phi) is 2.83. The third-order valence-corrected chi connectivity index (χ3v) is 1.95. The number of hydrogen-bond donors (Lipinski definition) is 2.